The second-order valence-corrected chi connectivity index (χ2v) is 11.9. The highest BCUT2D eigenvalue weighted by Crippen LogP contribution is 2.43. The van der Waals surface area contributed by atoms with Gasteiger partial charge in [-0.3, -0.25) is 4.55 Å². The lowest BCUT2D eigenvalue weighted by molar-refractivity contribution is 0.476. The van der Waals surface area contributed by atoms with Crippen LogP contribution in [0.25, 0.3) is 10.8 Å². The quantitative estimate of drug-likeness (QED) is 0.0489. The first-order chi connectivity index (χ1) is 23.5. The Balaban J connectivity index is 1.22. The number of phenols is 2. The number of fused-ring (bicyclic) bond motifs is 1. The number of nitrogens with zero attached hydrogens (tertiary/aromatic N) is 6. The molecule has 244 valence electrons. The third kappa shape index (κ3) is 7.48. The summed E-state index contributed by atoms with van der Waals surface area (Å²) in [7, 11) is -4.69. The molecular weight excluding hydrogens is 646 g/mol. The van der Waals surface area contributed by atoms with E-state index in [1.165, 1.54) is 24.3 Å². The molecule has 0 radical (unpaired) electrons. The molecule has 8 N–H and O–H groups in total. The van der Waals surface area contributed by atoms with Crippen molar-refractivity contribution in [3.63, 3.8) is 0 Å². The van der Waals surface area contributed by atoms with Gasteiger partial charge in [0, 0.05) is 17.4 Å². The smallest absolute Gasteiger partial charge is 0.296 e. The molecule has 15 heteroatoms. The highest BCUT2D eigenvalue weighted by atomic mass is 32.2. The van der Waals surface area contributed by atoms with Crippen LogP contribution in [-0.4, -0.2) is 23.2 Å². The van der Waals surface area contributed by atoms with Crippen molar-refractivity contribution in [1.82, 2.24) is 0 Å². The fourth-order valence-corrected chi connectivity index (χ4v) is 5.35. The first kappa shape index (κ1) is 32.2. The third-order valence-electron chi connectivity index (χ3n) is 7.12. The van der Waals surface area contributed by atoms with E-state index in [2.05, 4.69) is 36.0 Å². The van der Waals surface area contributed by atoms with E-state index < -0.39 is 15.0 Å². The van der Waals surface area contributed by atoms with E-state index in [1.54, 1.807) is 66.7 Å². The van der Waals surface area contributed by atoms with Gasteiger partial charge < -0.3 is 27.0 Å². The zero-order chi connectivity index (χ0) is 34.5. The summed E-state index contributed by atoms with van der Waals surface area (Å²) >= 11 is 0. The highest BCUT2D eigenvalue weighted by molar-refractivity contribution is 7.86. The number of azo groups is 3. The van der Waals surface area contributed by atoms with Gasteiger partial charge in [-0.25, -0.2) is 0 Å². The maximum Gasteiger partial charge on any atom is 0.296 e. The maximum absolute atomic E-state index is 12.3. The van der Waals surface area contributed by atoms with Gasteiger partial charge in [-0.05, 0) is 84.2 Å². The average molecular weight is 674 g/mol. The van der Waals surface area contributed by atoms with Gasteiger partial charge in [0.15, 0.2) is 5.75 Å². The normalized spacial score (nSPS) is 12.0. The van der Waals surface area contributed by atoms with Gasteiger partial charge in [-0.1, -0.05) is 30.3 Å². The minimum absolute atomic E-state index is 0.0787. The standard InChI is InChI=1S/C34H27N9O5S/c35-21-8-16-26(30(44)18-21)41-39-24-11-9-22(10-12-24)37-27-17-13-25(19-31(27)49(46,47)48)40-42-28-14-6-20-7-15-29(34(45)32(20)33(28)36)43-38-23-4-2-1-3-5-23/h1-19,37,44-45H,35-36H2,(H,46,47,48). The summed E-state index contributed by atoms with van der Waals surface area (Å²) in [5.74, 6) is -0.299. The molecule has 0 saturated carbocycles. The second-order valence-electron chi connectivity index (χ2n) is 10.5. The van der Waals surface area contributed by atoms with E-state index >= 15 is 0 Å². The Morgan fingerprint density at radius 2 is 1.18 bits per heavy atom. The maximum atomic E-state index is 12.3. The van der Waals surface area contributed by atoms with E-state index in [9.17, 15) is 23.2 Å². The molecule has 0 aliphatic heterocycles. The fourth-order valence-electron chi connectivity index (χ4n) is 4.68. The molecule has 0 aliphatic carbocycles. The number of nitrogens with one attached hydrogen (secondary N) is 1. The second kappa shape index (κ2) is 13.6. The van der Waals surface area contributed by atoms with Crippen LogP contribution in [0, 0.1) is 0 Å². The fraction of sp³-hybridized carbons (Fsp3) is 0. The third-order valence-corrected chi connectivity index (χ3v) is 8.01. The van der Waals surface area contributed by atoms with Crippen LogP contribution in [0.15, 0.2) is 151 Å². The summed E-state index contributed by atoms with van der Waals surface area (Å²) in [4.78, 5) is -0.441. The van der Waals surface area contributed by atoms with Crippen molar-refractivity contribution in [3.05, 3.63) is 115 Å². The molecule has 0 aromatic heterocycles. The van der Waals surface area contributed by atoms with Crippen LogP contribution in [-0.2, 0) is 10.1 Å². The Kier molecular flexibility index (Phi) is 8.93. The number of hydrogen-bond acceptors (Lipinski definition) is 13. The number of anilines is 4. The van der Waals surface area contributed by atoms with Gasteiger partial charge >= 0.3 is 0 Å². The molecule has 0 spiro atoms. The van der Waals surface area contributed by atoms with E-state index in [4.69, 9.17) is 11.5 Å². The molecule has 6 aromatic carbocycles. The molecule has 0 saturated heterocycles. The van der Waals surface area contributed by atoms with Crippen LogP contribution < -0.4 is 16.8 Å². The van der Waals surface area contributed by atoms with Crippen LogP contribution >= 0.6 is 0 Å². The Hall–Kier alpha value is -6.71. The van der Waals surface area contributed by atoms with Crippen molar-refractivity contribution in [2.75, 3.05) is 16.8 Å². The van der Waals surface area contributed by atoms with Crippen molar-refractivity contribution in [3.8, 4) is 11.5 Å². The van der Waals surface area contributed by atoms with Gasteiger partial charge in [0.1, 0.15) is 27.7 Å². The first-order valence-corrected chi connectivity index (χ1v) is 15.9. The van der Waals surface area contributed by atoms with Crippen LogP contribution in [0.5, 0.6) is 11.5 Å². The van der Waals surface area contributed by atoms with E-state index in [1.807, 2.05) is 18.2 Å². The van der Waals surface area contributed by atoms with Crippen LogP contribution in [0.4, 0.5) is 56.9 Å². The number of phenolic OH excluding ortho intramolecular Hbond substituents is 2. The molecule has 0 fully saturated rings. The topological polar surface area (TPSA) is 233 Å². The van der Waals surface area contributed by atoms with Crippen molar-refractivity contribution >= 4 is 77.8 Å². The summed E-state index contributed by atoms with van der Waals surface area (Å²) < 4.78 is 34.7. The molecule has 0 atom stereocenters. The van der Waals surface area contributed by atoms with Gasteiger partial charge in [-0.2, -0.15) is 23.8 Å². The predicted octanol–water partition coefficient (Wildman–Crippen LogP) is 9.65. The summed E-state index contributed by atoms with van der Waals surface area (Å²) in [6, 6.07) is 30.8. The van der Waals surface area contributed by atoms with Crippen molar-refractivity contribution in [2.24, 2.45) is 30.7 Å². The number of nitrogen functional groups attached to an aromatic ring is 2. The summed E-state index contributed by atoms with van der Waals surface area (Å²) in [5, 5.41) is 49.5. The minimum atomic E-state index is -4.69. The lowest BCUT2D eigenvalue weighted by atomic mass is 10.1. The van der Waals surface area contributed by atoms with Gasteiger partial charge in [0.2, 0.25) is 0 Å². The Labute approximate surface area is 279 Å². The minimum Gasteiger partial charge on any atom is -0.506 e. The molecule has 49 heavy (non-hydrogen) atoms. The molecule has 6 aromatic rings. The number of aromatic hydroxyl groups is 2. The molecule has 0 amide bonds. The summed E-state index contributed by atoms with van der Waals surface area (Å²) in [6.07, 6.45) is 0. The molecular formula is C34H27N9O5S. The van der Waals surface area contributed by atoms with E-state index in [0.29, 0.717) is 33.5 Å². The number of benzene rings is 6. The largest absolute Gasteiger partial charge is 0.506 e. The molecule has 6 rings (SSSR count). The lowest BCUT2D eigenvalue weighted by Crippen LogP contribution is -2.03. The monoisotopic (exact) mass is 673 g/mol. The number of hydrogen-bond donors (Lipinski definition) is 6. The molecule has 14 nitrogen and oxygen atoms in total. The molecule has 0 aliphatic rings. The first-order valence-electron chi connectivity index (χ1n) is 14.5. The van der Waals surface area contributed by atoms with Gasteiger partial charge in [0.05, 0.1) is 33.8 Å². The lowest BCUT2D eigenvalue weighted by Gasteiger charge is -2.11. The highest BCUT2D eigenvalue weighted by Gasteiger charge is 2.18. The van der Waals surface area contributed by atoms with Crippen molar-refractivity contribution < 1.29 is 23.2 Å². The van der Waals surface area contributed by atoms with Crippen LogP contribution in [0.3, 0.4) is 0 Å². The number of rotatable bonds is 9. The van der Waals surface area contributed by atoms with Crippen molar-refractivity contribution in [2.45, 2.75) is 4.90 Å². The zero-order valence-electron chi connectivity index (χ0n) is 25.4. The molecule has 0 unspecified atom stereocenters. The molecule has 0 heterocycles. The Bertz CT molecular complexity index is 2380. The van der Waals surface area contributed by atoms with Gasteiger partial charge in [-0.15, -0.1) is 15.3 Å². The van der Waals surface area contributed by atoms with Crippen LogP contribution in [0.1, 0.15) is 0 Å². The average Bonchev–Trinajstić information content (AvgIpc) is 3.08. The van der Waals surface area contributed by atoms with Gasteiger partial charge in [0.25, 0.3) is 10.1 Å². The Morgan fingerprint density at radius 3 is 1.88 bits per heavy atom. The zero-order valence-corrected chi connectivity index (χ0v) is 26.2. The predicted molar refractivity (Wildman–Crippen MR) is 187 cm³/mol. The number of nitrogens with two attached hydrogens (primary N) is 2. The molecule has 0 bridgehead atoms. The summed E-state index contributed by atoms with van der Waals surface area (Å²) in [6.45, 7) is 0. The van der Waals surface area contributed by atoms with Crippen LogP contribution in [0.2, 0.25) is 0 Å². The SMILES string of the molecule is Nc1ccc(N=Nc2ccc(Nc3ccc(N=Nc4ccc5ccc(N=Nc6ccccc6)c(O)c5c4N)cc3S(=O)(=O)O)cc2)c(O)c1. The summed E-state index contributed by atoms with van der Waals surface area (Å²) in [5.41, 5.74) is 14.9. The van der Waals surface area contributed by atoms with Crippen molar-refractivity contribution in [1.29, 1.82) is 0 Å². The van der Waals surface area contributed by atoms with E-state index in [0.717, 1.165) is 6.07 Å². The Morgan fingerprint density at radius 1 is 0.592 bits per heavy atom. The van der Waals surface area contributed by atoms with E-state index in [-0.39, 0.29) is 45.6 Å².